The van der Waals surface area contributed by atoms with Gasteiger partial charge in [0.25, 0.3) is 5.56 Å². The number of amides is 2. The van der Waals surface area contributed by atoms with Gasteiger partial charge < -0.3 is 9.80 Å². The van der Waals surface area contributed by atoms with Crippen molar-refractivity contribution >= 4 is 34.4 Å². The average molecular weight is 425 g/mol. The van der Waals surface area contributed by atoms with E-state index in [-0.39, 0.29) is 23.9 Å². The number of nitrogens with zero attached hydrogens (tertiary/aromatic N) is 4. The van der Waals surface area contributed by atoms with E-state index in [1.54, 1.807) is 34.1 Å². The van der Waals surface area contributed by atoms with Gasteiger partial charge in [-0.25, -0.2) is 4.98 Å². The summed E-state index contributed by atoms with van der Waals surface area (Å²) in [5.74, 6) is -0.112. The minimum absolute atomic E-state index is 0.0285. The van der Waals surface area contributed by atoms with Crippen molar-refractivity contribution in [2.24, 2.45) is 0 Å². The van der Waals surface area contributed by atoms with Gasteiger partial charge in [-0.15, -0.1) is 0 Å². The van der Waals surface area contributed by atoms with E-state index in [2.05, 4.69) is 4.98 Å². The lowest BCUT2D eigenvalue weighted by atomic mass is 10.1. The van der Waals surface area contributed by atoms with Crippen LogP contribution in [0.25, 0.3) is 11.0 Å². The summed E-state index contributed by atoms with van der Waals surface area (Å²) in [6, 6.07) is 14.5. The largest absolute Gasteiger partial charge is 0.339 e. The number of piperazine rings is 1. The third-order valence-electron chi connectivity index (χ3n) is 5.30. The monoisotopic (exact) mass is 424 g/mol. The number of para-hydroxylation sites is 2. The van der Waals surface area contributed by atoms with Crippen molar-refractivity contribution < 1.29 is 9.59 Å². The Hall–Kier alpha value is -3.19. The number of hydrogen-bond donors (Lipinski definition) is 0. The molecule has 1 saturated heterocycles. The Morgan fingerprint density at radius 2 is 1.53 bits per heavy atom. The van der Waals surface area contributed by atoms with E-state index < -0.39 is 0 Å². The molecule has 7 nitrogen and oxygen atoms in total. The van der Waals surface area contributed by atoms with Gasteiger partial charge in [0.1, 0.15) is 6.54 Å². The predicted octanol–water partition coefficient (Wildman–Crippen LogP) is 1.96. The van der Waals surface area contributed by atoms with Crippen LogP contribution in [0.3, 0.4) is 0 Å². The molecule has 1 aliphatic heterocycles. The molecule has 2 aromatic carbocycles. The standard InChI is InChI=1S/C22H21ClN4O3/c23-17-7-5-16(6-8-17)13-20(28)25-9-11-26(12-10-25)22(30)15-27-19-4-2-1-3-18(19)24-14-21(27)29/h1-8,14H,9-13,15H2. The van der Waals surface area contributed by atoms with Crippen LogP contribution in [0.15, 0.2) is 59.5 Å². The summed E-state index contributed by atoms with van der Waals surface area (Å²) in [5.41, 5.74) is 1.91. The van der Waals surface area contributed by atoms with Crippen molar-refractivity contribution in [3.8, 4) is 0 Å². The molecule has 0 spiro atoms. The molecular weight excluding hydrogens is 404 g/mol. The van der Waals surface area contributed by atoms with Crippen LogP contribution >= 0.6 is 11.6 Å². The number of halogens is 1. The van der Waals surface area contributed by atoms with Crippen molar-refractivity contribution in [1.82, 2.24) is 19.4 Å². The maximum absolute atomic E-state index is 12.8. The molecule has 4 rings (SSSR count). The normalized spacial score (nSPS) is 14.2. The summed E-state index contributed by atoms with van der Waals surface area (Å²) in [4.78, 5) is 45.2. The second kappa shape index (κ2) is 8.67. The summed E-state index contributed by atoms with van der Waals surface area (Å²) >= 11 is 5.88. The summed E-state index contributed by atoms with van der Waals surface area (Å²) in [7, 11) is 0. The number of benzene rings is 2. The maximum Gasteiger partial charge on any atom is 0.269 e. The lowest BCUT2D eigenvalue weighted by Gasteiger charge is -2.35. The molecule has 2 amide bonds. The lowest BCUT2D eigenvalue weighted by Crippen LogP contribution is -2.52. The highest BCUT2D eigenvalue weighted by molar-refractivity contribution is 6.30. The van der Waals surface area contributed by atoms with E-state index in [1.807, 2.05) is 24.3 Å². The van der Waals surface area contributed by atoms with Crippen molar-refractivity contribution in [3.63, 3.8) is 0 Å². The van der Waals surface area contributed by atoms with Gasteiger partial charge in [-0.3, -0.25) is 19.0 Å². The Morgan fingerprint density at radius 3 is 2.23 bits per heavy atom. The zero-order chi connectivity index (χ0) is 21.1. The fourth-order valence-corrected chi connectivity index (χ4v) is 3.73. The molecule has 1 aliphatic rings. The highest BCUT2D eigenvalue weighted by Gasteiger charge is 2.24. The molecule has 0 unspecified atom stereocenters. The lowest BCUT2D eigenvalue weighted by molar-refractivity contribution is -0.139. The van der Waals surface area contributed by atoms with E-state index in [4.69, 9.17) is 11.6 Å². The molecule has 1 aromatic heterocycles. The number of fused-ring (bicyclic) bond motifs is 1. The quantitative estimate of drug-likeness (QED) is 0.641. The Morgan fingerprint density at radius 1 is 0.900 bits per heavy atom. The molecule has 2 heterocycles. The molecule has 1 fully saturated rings. The second-order valence-electron chi connectivity index (χ2n) is 7.24. The summed E-state index contributed by atoms with van der Waals surface area (Å²) < 4.78 is 1.45. The Labute approximate surface area is 178 Å². The van der Waals surface area contributed by atoms with Crippen LogP contribution in [0.1, 0.15) is 5.56 Å². The fraction of sp³-hybridized carbons (Fsp3) is 0.273. The molecular formula is C22H21ClN4O3. The summed E-state index contributed by atoms with van der Waals surface area (Å²) in [6.07, 6.45) is 1.55. The van der Waals surface area contributed by atoms with Crippen molar-refractivity contribution in [2.45, 2.75) is 13.0 Å². The number of carbonyl (C=O) groups excluding carboxylic acids is 2. The van der Waals surface area contributed by atoms with Crippen LogP contribution in [0, 0.1) is 0 Å². The van der Waals surface area contributed by atoms with Crippen LogP contribution in [-0.4, -0.2) is 57.3 Å². The van der Waals surface area contributed by atoms with Crippen molar-refractivity contribution in [1.29, 1.82) is 0 Å². The molecule has 0 aliphatic carbocycles. The molecule has 0 atom stereocenters. The SMILES string of the molecule is O=C(Cc1ccc(Cl)cc1)N1CCN(C(=O)Cn2c(=O)cnc3ccccc32)CC1. The van der Waals surface area contributed by atoms with E-state index in [9.17, 15) is 14.4 Å². The highest BCUT2D eigenvalue weighted by Crippen LogP contribution is 2.13. The third-order valence-corrected chi connectivity index (χ3v) is 5.55. The van der Waals surface area contributed by atoms with Crippen LogP contribution in [-0.2, 0) is 22.6 Å². The molecule has 154 valence electrons. The first-order valence-corrected chi connectivity index (χ1v) is 10.1. The molecule has 0 bridgehead atoms. The van der Waals surface area contributed by atoms with Crippen LogP contribution in [0.4, 0.5) is 0 Å². The van der Waals surface area contributed by atoms with E-state index >= 15 is 0 Å². The van der Waals surface area contributed by atoms with E-state index in [0.717, 1.165) is 5.56 Å². The number of carbonyl (C=O) groups is 2. The molecule has 0 saturated carbocycles. The minimum Gasteiger partial charge on any atom is -0.339 e. The molecule has 0 radical (unpaired) electrons. The van der Waals surface area contributed by atoms with Crippen LogP contribution in [0.5, 0.6) is 0 Å². The van der Waals surface area contributed by atoms with Gasteiger partial charge in [0.2, 0.25) is 11.8 Å². The number of aromatic nitrogens is 2. The Balaban J connectivity index is 1.37. The van der Waals surface area contributed by atoms with E-state index in [1.165, 1.54) is 10.8 Å². The second-order valence-corrected chi connectivity index (χ2v) is 7.67. The molecule has 30 heavy (non-hydrogen) atoms. The number of hydrogen-bond acceptors (Lipinski definition) is 4. The first-order chi connectivity index (χ1) is 14.5. The Kier molecular flexibility index (Phi) is 5.81. The maximum atomic E-state index is 12.8. The first-order valence-electron chi connectivity index (χ1n) is 9.76. The van der Waals surface area contributed by atoms with Gasteiger partial charge in [0.05, 0.1) is 23.7 Å². The third kappa shape index (κ3) is 4.36. The van der Waals surface area contributed by atoms with E-state index in [0.29, 0.717) is 48.7 Å². The average Bonchev–Trinajstić information content (AvgIpc) is 2.77. The summed E-state index contributed by atoms with van der Waals surface area (Å²) in [5, 5.41) is 0.638. The molecule has 8 heteroatoms. The smallest absolute Gasteiger partial charge is 0.269 e. The molecule has 3 aromatic rings. The Bertz CT molecular complexity index is 1140. The van der Waals surface area contributed by atoms with Crippen molar-refractivity contribution in [2.75, 3.05) is 26.2 Å². The van der Waals surface area contributed by atoms with Gasteiger partial charge >= 0.3 is 0 Å². The first kappa shape index (κ1) is 20.1. The van der Waals surface area contributed by atoms with Gasteiger partial charge in [0.15, 0.2) is 0 Å². The fourth-order valence-electron chi connectivity index (χ4n) is 3.61. The van der Waals surface area contributed by atoms with Gasteiger partial charge in [-0.05, 0) is 29.8 Å². The minimum atomic E-state index is -0.307. The summed E-state index contributed by atoms with van der Waals surface area (Å²) in [6.45, 7) is 1.81. The van der Waals surface area contributed by atoms with Crippen LogP contribution < -0.4 is 5.56 Å². The molecule has 0 N–H and O–H groups in total. The zero-order valence-electron chi connectivity index (χ0n) is 16.3. The predicted molar refractivity (Wildman–Crippen MR) is 114 cm³/mol. The highest BCUT2D eigenvalue weighted by atomic mass is 35.5. The van der Waals surface area contributed by atoms with Crippen molar-refractivity contribution in [3.05, 3.63) is 75.7 Å². The zero-order valence-corrected chi connectivity index (χ0v) is 17.1. The van der Waals surface area contributed by atoms with Gasteiger partial charge in [-0.1, -0.05) is 35.9 Å². The van der Waals surface area contributed by atoms with Crippen LogP contribution in [0.2, 0.25) is 5.02 Å². The topological polar surface area (TPSA) is 75.5 Å². The van der Waals surface area contributed by atoms with Gasteiger partial charge in [0, 0.05) is 31.2 Å². The van der Waals surface area contributed by atoms with Gasteiger partial charge in [-0.2, -0.15) is 0 Å². The number of rotatable bonds is 4.